The van der Waals surface area contributed by atoms with Crippen molar-refractivity contribution in [1.29, 1.82) is 0 Å². The lowest BCUT2D eigenvalue weighted by Crippen LogP contribution is -2.26. The number of carbonyl (C=O) groups is 1. The summed E-state index contributed by atoms with van der Waals surface area (Å²) in [5.41, 5.74) is 0.191. The maximum Gasteiger partial charge on any atom is 0.435 e. The van der Waals surface area contributed by atoms with Crippen LogP contribution in [-0.2, 0) is 17.5 Å². The normalized spacial score (nSPS) is 15.4. The number of amides is 1. The number of nitrogens with zero attached hydrogens (tertiary/aromatic N) is 2. The molecule has 1 fully saturated rings. The van der Waals surface area contributed by atoms with Crippen LogP contribution < -0.4 is 10.1 Å². The van der Waals surface area contributed by atoms with Gasteiger partial charge in [0.25, 0.3) is 0 Å². The topological polar surface area (TPSA) is 56.2 Å². The Balaban J connectivity index is 1.74. The molecule has 0 aliphatic heterocycles. The van der Waals surface area contributed by atoms with E-state index >= 15 is 0 Å². The van der Waals surface area contributed by atoms with Gasteiger partial charge in [-0.2, -0.15) is 27.1 Å². The van der Waals surface area contributed by atoms with Gasteiger partial charge in [-0.25, -0.2) is 0 Å². The van der Waals surface area contributed by atoms with E-state index in [-0.39, 0.29) is 23.9 Å². The molecule has 5 nitrogen and oxygen atoms in total. The molecule has 1 atom stereocenters. The molecule has 3 rings (SSSR count). The summed E-state index contributed by atoms with van der Waals surface area (Å²) < 4.78 is 69.9. The largest absolute Gasteiger partial charge is 0.435 e. The van der Waals surface area contributed by atoms with Crippen LogP contribution in [-0.4, -0.2) is 22.3 Å². The number of rotatable bonds is 7. The number of aromatic nitrogens is 2. The Morgan fingerprint density at radius 2 is 2.00 bits per heavy atom. The lowest BCUT2D eigenvalue weighted by molar-refractivity contribution is -0.141. The molecule has 1 saturated carbocycles. The summed E-state index contributed by atoms with van der Waals surface area (Å²) in [6.07, 6.45) is -3.01. The predicted molar refractivity (Wildman–Crippen MR) is 94.8 cm³/mol. The number of aryl methyl sites for hydroxylation is 1. The molecule has 158 valence electrons. The number of ether oxygens (including phenoxy) is 1. The molecule has 29 heavy (non-hydrogen) atoms. The summed E-state index contributed by atoms with van der Waals surface area (Å²) in [5.74, 6) is -1.47. The predicted octanol–water partition coefficient (Wildman–Crippen LogP) is 4.96. The molecular formula is C19H20F5N3O2. The Hall–Kier alpha value is -2.65. The van der Waals surface area contributed by atoms with Crippen molar-refractivity contribution in [3.63, 3.8) is 0 Å². The van der Waals surface area contributed by atoms with Crippen molar-refractivity contribution in [3.8, 4) is 5.75 Å². The quantitative estimate of drug-likeness (QED) is 0.648. The van der Waals surface area contributed by atoms with Gasteiger partial charge in [-0.1, -0.05) is 13.0 Å². The minimum Gasteiger partial charge on any atom is -0.433 e. The van der Waals surface area contributed by atoms with Crippen molar-refractivity contribution in [2.45, 2.75) is 51.9 Å². The molecule has 2 aromatic rings. The van der Waals surface area contributed by atoms with Gasteiger partial charge < -0.3 is 10.1 Å². The molecule has 0 saturated heterocycles. The molecule has 1 aromatic carbocycles. The molecule has 10 heteroatoms. The van der Waals surface area contributed by atoms with Gasteiger partial charge in [0.1, 0.15) is 5.75 Å². The summed E-state index contributed by atoms with van der Waals surface area (Å²) in [6, 6.07) is 5.44. The van der Waals surface area contributed by atoms with Crippen molar-refractivity contribution in [3.05, 3.63) is 41.2 Å². The number of carbonyl (C=O) groups excluding carboxylic acids is 1. The smallest absolute Gasteiger partial charge is 0.433 e. The van der Waals surface area contributed by atoms with Crippen molar-refractivity contribution < 1.29 is 31.5 Å². The van der Waals surface area contributed by atoms with Crippen LogP contribution in [0.5, 0.6) is 5.75 Å². The molecule has 1 unspecified atom stereocenters. The Labute approximate surface area is 163 Å². The molecule has 0 bridgehead atoms. The fourth-order valence-corrected chi connectivity index (χ4v) is 2.95. The van der Waals surface area contributed by atoms with E-state index in [1.165, 1.54) is 23.7 Å². The highest BCUT2D eigenvalue weighted by Gasteiger charge is 2.38. The van der Waals surface area contributed by atoms with Gasteiger partial charge >= 0.3 is 12.8 Å². The zero-order valence-electron chi connectivity index (χ0n) is 15.8. The Kier molecular flexibility index (Phi) is 5.81. The van der Waals surface area contributed by atoms with Gasteiger partial charge in [0.05, 0.1) is 18.2 Å². The van der Waals surface area contributed by atoms with Gasteiger partial charge in [0.15, 0.2) is 5.69 Å². The van der Waals surface area contributed by atoms with Crippen molar-refractivity contribution in [2.75, 3.05) is 5.32 Å². The second-order valence-electron chi connectivity index (χ2n) is 7.18. The minimum absolute atomic E-state index is 0.0111. The Morgan fingerprint density at radius 1 is 1.31 bits per heavy atom. The standard InChI is InChI=1S/C19H20F5N3O2/c1-10-3-6-13(15(7-10)29-18(20)21)25-17(28)11(2)9-27-14(12-4-5-12)8-16(26-27)19(22,23)24/h3,6-8,11-12,18H,4-5,9H2,1-2H3,(H,25,28). The van der Waals surface area contributed by atoms with E-state index in [4.69, 9.17) is 0 Å². The number of alkyl halides is 5. The lowest BCUT2D eigenvalue weighted by Gasteiger charge is -2.17. The molecule has 1 heterocycles. The Morgan fingerprint density at radius 3 is 2.59 bits per heavy atom. The number of nitrogens with one attached hydrogen (secondary N) is 1. The first kappa shape index (κ1) is 21.1. The average molecular weight is 417 g/mol. The van der Waals surface area contributed by atoms with Crippen molar-refractivity contribution in [2.24, 2.45) is 5.92 Å². The summed E-state index contributed by atoms with van der Waals surface area (Å²) >= 11 is 0. The fourth-order valence-electron chi connectivity index (χ4n) is 2.95. The fraction of sp³-hybridized carbons (Fsp3) is 0.474. The zero-order chi connectivity index (χ0) is 21.3. The molecule has 1 N–H and O–H groups in total. The van der Waals surface area contributed by atoms with Gasteiger partial charge in [-0.15, -0.1) is 0 Å². The SMILES string of the molecule is Cc1ccc(NC(=O)C(C)Cn2nc(C(F)(F)F)cc2C2CC2)c(OC(F)F)c1. The second-order valence-corrected chi connectivity index (χ2v) is 7.18. The summed E-state index contributed by atoms with van der Waals surface area (Å²) in [4.78, 5) is 12.5. The van der Waals surface area contributed by atoms with E-state index in [1.54, 1.807) is 13.0 Å². The summed E-state index contributed by atoms with van der Waals surface area (Å²) in [6.45, 7) is 0.0888. The molecule has 1 aromatic heterocycles. The van der Waals surface area contributed by atoms with Crippen molar-refractivity contribution >= 4 is 11.6 Å². The highest BCUT2D eigenvalue weighted by atomic mass is 19.4. The van der Waals surface area contributed by atoms with E-state index < -0.39 is 30.3 Å². The third kappa shape index (κ3) is 5.24. The third-order valence-electron chi connectivity index (χ3n) is 4.60. The monoisotopic (exact) mass is 417 g/mol. The van der Waals surface area contributed by atoms with E-state index in [1.807, 2.05) is 0 Å². The van der Waals surface area contributed by atoms with Crippen LogP contribution in [0.2, 0.25) is 0 Å². The van der Waals surface area contributed by atoms with Crippen LogP contribution >= 0.6 is 0 Å². The first-order chi connectivity index (χ1) is 13.5. The minimum atomic E-state index is -4.57. The van der Waals surface area contributed by atoms with Crippen LogP contribution in [0.25, 0.3) is 0 Å². The average Bonchev–Trinajstić information content (AvgIpc) is 3.36. The highest BCUT2D eigenvalue weighted by Crippen LogP contribution is 2.42. The highest BCUT2D eigenvalue weighted by molar-refractivity contribution is 5.93. The summed E-state index contributed by atoms with van der Waals surface area (Å²) in [5, 5.41) is 6.13. The Bertz CT molecular complexity index is 890. The molecule has 0 spiro atoms. The number of hydrogen-bond donors (Lipinski definition) is 1. The lowest BCUT2D eigenvalue weighted by atomic mass is 10.1. The molecule has 1 amide bonds. The second kappa shape index (κ2) is 8.00. The van der Waals surface area contributed by atoms with Gasteiger partial charge in [-0.05, 0) is 43.5 Å². The first-order valence-electron chi connectivity index (χ1n) is 9.06. The summed E-state index contributed by atoms with van der Waals surface area (Å²) in [7, 11) is 0. The number of benzene rings is 1. The maximum atomic E-state index is 13.0. The number of anilines is 1. The van der Waals surface area contributed by atoms with Gasteiger partial charge in [0, 0.05) is 11.6 Å². The van der Waals surface area contributed by atoms with Crippen molar-refractivity contribution in [1.82, 2.24) is 9.78 Å². The van der Waals surface area contributed by atoms with E-state index in [2.05, 4.69) is 15.2 Å². The number of halogens is 5. The number of hydrogen-bond acceptors (Lipinski definition) is 3. The van der Waals surface area contributed by atoms with E-state index in [0.29, 0.717) is 11.3 Å². The van der Waals surface area contributed by atoms with Crippen LogP contribution in [0, 0.1) is 12.8 Å². The molecule has 0 radical (unpaired) electrons. The first-order valence-corrected chi connectivity index (χ1v) is 9.06. The molecule has 1 aliphatic rings. The van der Waals surface area contributed by atoms with E-state index in [0.717, 1.165) is 18.9 Å². The van der Waals surface area contributed by atoms with Crippen LogP contribution in [0.1, 0.15) is 42.6 Å². The van der Waals surface area contributed by atoms with Crippen LogP contribution in [0.15, 0.2) is 24.3 Å². The van der Waals surface area contributed by atoms with Gasteiger partial charge in [0.2, 0.25) is 5.91 Å². The zero-order valence-corrected chi connectivity index (χ0v) is 15.8. The van der Waals surface area contributed by atoms with Crippen LogP contribution in [0.3, 0.4) is 0 Å². The van der Waals surface area contributed by atoms with Crippen LogP contribution in [0.4, 0.5) is 27.6 Å². The third-order valence-corrected chi connectivity index (χ3v) is 4.60. The molecular weight excluding hydrogens is 397 g/mol. The maximum absolute atomic E-state index is 13.0. The van der Waals surface area contributed by atoms with Gasteiger partial charge in [-0.3, -0.25) is 9.48 Å². The molecule has 1 aliphatic carbocycles. The van der Waals surface area contributed by atoms with E-state index in [9.17, 15) is 26.7 Å².